The van der Waals surface area contributed by atoms with Crippen LogP contribution in [0.25, 0.3) is 0 Å². The lowest BCUT2D eigenvalue weighted by atomic mass is 9.90. The molecule has 0 saturated heterocycles. The smallest absolute Gasteiger partial charge is 0.316 e. The number of nitrogens with one attached hydrogen (secondary N) is 1. The Labute approximate surface area is 100 Å². The molecule has 0 saturated carbocycles. The van der Waals surface area contributed by atoms with E-state index in [1.165, 1.54) is 13.2 Å². The Morgan fingerprint density at radius 3 is 3.06 bits per heavy atom. The molecule has 3 N–H and O–H groups in total. The third kappa shape index (κ3) is 3.62. The third-order valence-electron chi connectivity index (χ3n) is 2.60. The molecule has 0 fully saturated rings. The number of primary amides is 1. The van der Waals surface area contributed by atoms with Crippen LogP contribution in [0.3, 0.4) is 0 Å². The quantitative estimate of drug-likeness (QED) is 0.722. The summed E-state index contributed by atoms with van der Waals surface area (Å²) in [4.78, 5) is 10.7. The van der Waals surface area contributed by atoms with E-state index in [2.05, 4.69) is 11.9 Å². The number of allylic oxidation sites excluding steroid dienone is 5. The molecule has 1 aliphatic carbocycles. The van der Waals surface area contributed by atoms with E-state index in [0.29, 0.717) is 17.9 Å². The van der Waals surface area contributed by atoms with Crippen molar-refractivity contribution in [3.8, 4) is 0 Å². The van der Waals surface area contributed by atoms with Crippen molar-refractivity contribution in [2.75, 3.05) is 7.11 Å². The van der Waals surface area contributed by atoms with Gasteiger partial charge in [-0.2, -0.15) is 0 Å². The second-order valence-electron chi connectivity index (χ2n) is 3.81. The number of amides is 2. The summed E-state index contributed by atoms with van der Waals surface area (Å²) in [5.41, 5.74) is 5.61. The van der Waals surface area contributed by atoms with Crippen LogP contribution >= 0.6 is 0 Å². The third-order valence-corrected chi connectivity index (χ3v) is 2.60. The Bertz CT molecular complexity index is 364. The van der Waals surface area contributed by atoms with Crippen LogP contribution < -0.4 is 11.1 Å². The van der Waals surface area contributed by atoms with Gasteiger partial charge < -0.3 is 15.8 Å². The topological polar surface area (TPSA) is 64.3 Å². The SMILES string of the molecule is C=CCC(F)C1CC(NC(N)=O)=CC=C1OC. The lowest BCUT2D eigenvalue weighted by Crippen LogP contribution is -2.32. The van der Waals surface area contributed by atoms with Gasteiger partial charge in [0.1, 0.15) is 11.9 Å². The first-order valence-electron chi connectivity index (χ1n) is 5.34. The summed E-state index contributed by atoms with van der Waals surface area (Å²) in [5, 5.41) is 2.46. The number of alkyl halides is 1. The van der Waals surface area contributed by atoms with Crippen molar-refractivity contribution in [1.82, 2.24) is 5.32 Å². The molecule has 4 nitrogen and oxygen atoms in total. The van der Waals surface area contributed by atoms with E-state index in [0.717, 1.165) is 0 Å². The van der Waals surface area contributed by atoms with E-state index in [1.54, 1.807) is 12.2 Å². The number of hydrogen-bond donors (Lipinski definition) is 2. The molecule has 5 heteroatoms. The molecule has 2 atom stereocenters. The van der Waals surface area contributed by atoms with Gasteiger partial charge in [-0.1, -0.05) is 6.08 Å². The maximum atomic E-state index is 13.9. The van der Waals surface area contributed by atoms with Crippen LogP contribution in [-0.4, -0.2) is 19.3 Å². The molecular formula is C12H17FN2O2. The molecule has 0 radical (unpaired) electrons. The van der Waals surface area contributed by atoms with Crippen LogP contribution in [0.1, 0.15) is 12.8 Å². The van der Waals surface area contributed by atoms with Gasteiger partial charge in [-0.15, -0.1) is 6.58 Å². The first-order valence-corrected chi connectivity index (χ1v) is 5.34. The lowest BCUT2D eigenvalue weighted by Gasteiger charge is -2.26. The van der Waals surface area contributed by atoms with Crippen LogP contribution in [0.2, 0.25) is 0 Å². The van der Waals surface area contributed by atoms with E-state index < -0.39 is 18.1 Å². The van der Waals surface area contributed by atoms with Gasteiger partial charge >= 0.3 is 6.03 Å². The fraction of sp³-hybridized carbons (Fsp3) is 0.417. The lowest BCUT2D eigenvalue weighted by molar-refractivity contribution is 0.164. The number of ether oxygens (including phenoxy) is 1. The van der Waals surface area contributed by atoms with E-state index in [9.17, 15) is 9.18 Å². The van der Waals surface area contributed by atoms with Crippen LogP contribution in [0.4, 0.5) is 9.18 Å². The molecule has 1 rings (SSSR count). The van der Waals surface area contributed by atoms with Gasteiger partial charge in [0.05, 0.1) is 13.0 Å². The molecule has 2 amide bonds. The predicted octanol–water partition coefficient (Wildman–Crippen LogP) is 2.00. The van der Waals surface area contributed by atoms with Crippen molar-refractivity contribution in [3.05, 3.63) is 36.3 Å². The Morgan fingerprint density at radius 1 is 1.82 bits per heavy atom. The summed E-state index contributed by atoms with van der Waals surface area (Å²) in [6.07, 6.45) is 4.36. The molecule has 0 aromatic heterocycles. The minimum absolute atomic E-state index is 0.245. The second kappa shape index (κ2) is 6.08. The van der Waals surface area contributed by atoms with Crippen molar-refractivity contribution < 1.29 is 13.9 Å². The maximum absolute atomic E-state index is 13.9. The molecule has 0 spiro atoms. The van der Waals surface area contributed by atoms with Crippen molar-refractivity contribution in [2.45, 2.75) is 19.0 Å². The predicted molar refractivity (Wildman–Crippen MR) is 63.7 cm³/mol. The summed E-state index contributed by atoms with van der Waals surface area (Å²) < 4.78 is 19.0. The molecule has 2 unspecified atom stereocenters. The minimum atomic E-state index is -1.09. The van der Waals surface area contributed by atoms with Crippen LogP contribution in [0.5, 0.6) is 0 Å². The maximum Gasteiger partial charge on any atom is 0.316 e. The van der Waals surface area contributed by atoms with Gasteiger partial charge in [0.25, 0.3) is 0 Å². The molecule has 0 bridgehead atoms. The molecule has 94 valence electrons. The molecule has 0 aliphatic heterocycles. The molecule has 0 aromatic carbocycles. The number of rotatable bonds is 5. The van der Waals surface area contributed by atoms with Gasteiger partial charge in [-0.25, -0.2) is 9.18 Å². The Hall–Kier alpha value is -1.78. The summed E-state index contributed by atoms with van der Waals surface area (Å²) in [5.74, 6) is 0.152. The van der Waals surface area contributed by atoms with Gasteiger partial charge in [0.15, 0.2) is 0 Å². The number of halogens is 1. The van der Waals surface area contributed by atoms with Crippen LogP contribution in [-0.2, 0) is 4.74 Å². The Morgan fingerprint density at radius 2 is 2.53 bits per heavy atom. The highest BCUT2D eigenvalue weighted by molar-refractivity contribution is 5.73. The van der Waals surface area contributed by atoms with E-state index in [1.807, 2.05) is 0 Å². The number of carbonyl (C=O) groups excluding carboxylic acids is 1. The summed E-state index contributed by atoms with van der Waals surface area (Å²) in [7, 11) is 1.50. The monoisotopic (exact) mass is 240 g/mol. The van der Waals surface area contributed by atoms with E-state index >= 15 is 0 Å². The summed E-state index contributed by atoms with van der Waals surface area (Å²) >= 11 is 0. The van der Waals surface area contributed by atoms with Crippen molar-refractivity contribution in [1.29, 1.82) is 0 Å². The Kier molecular flexibility index (Phi) is 4.75. The zero-order valence-electron chi connectivity index (χ0n) is 9.78. The largest absolute Gasteiger partial charge is 0.501 e. The minimum Gasteiger partial charge on any atom is -0.501 e. The average Bonchev–Trinajstić information content (AvgIpc) is 2.28. The van der Waals surface area contributed by atoms with Gasteiger partial charge in [-0.3, -0.25) is 0 Å². The molecule has 1 aliphatic rings. The van der Waals surface area contributed by atoms with Crippen LogP contribution in [0.15, 0.2) is 36.3 Å². The standard InChI is InChI=1S/C12H17FN2O2/c1-3-4-10(13)9-7-8(15-12(14)16)5-6-11(9)17-2/h3,5-6,9-10H,1,4,7H2,2H3,(H3,14,15,16). The average molecular weight is 240 g/mol. The Balaban J connectivity index is 2.78. The molecule has 17 heavy (non-hydrogen) atoms. The molecule has 0 heterocycles. The van der Waals surface area contributed by atoms with E-state index in [4.69, 9.17) is 10.5 Å². The van der Waals surface area contributed by atoms with E-state index in [-0.39, 0.29) is 6.42 Å². The van der Waals surface area contributed by atoms with Crippen LogP contribution in [0, 0.1) is 5.92 Å². The first-order chi connectivity index (χ1) is 8.08. The zero-order chi connectivity index (χ0) is 12.8. The number of methoxy groups -OCH3 is 1. The van der Waals surface area contributed by atoms with Crippen molar-refractivity contribution in [2.24, 2.45) is 11.7 Å². The second-order valence-corrected chi connectivity index (χ2v) is 3.81. The van der Waals surface area contributed by atoms with Gasteiger partial charge in [-0.05, 0) is 18.6 Å². The zero-order valence-corrected chi connectivity index (χ0v) is 9.78. The molecule has 0 aromatic rings. The highest BCUT2D eigenvalue weighted by Crippen LogP contribution is 2.30. The summed E-state index contributed by atoms with van der Waals surface area (Å²) in [6.45, 7) is 3.51. The first kappa shape index (κ1) is 13.3. The number of hydrogen-bond acceptors (Lipinski definition) is 2. The van der Waals surface area contributed by atoms with Gasteiger partial charge in [0.2, 0.25) is 0 Å². The van der Waals surface area contributed by atoms with Crippen molar-refractivity contribution in [3.63, 3.8) is 0 Å². The normalized spacial score (nSPS) is 20.9. The van der Waals surface area contributed by atoms with Gasteiger partial charge in [0, 0.05) is 12.1 Å². The summed E-state index contributed by atoms with van der Waals surface area (Å²) in [6, 6.07) is -0.650. The highest BCUT2D eigenvalue weighted by Gasteiger charge is 2.28. The van der Waals surface area contributed by atoms with Crippen molar-refractivity contribution >= 4 is 6.03 Å². The highest BCUT2D eigenvalue weighted by atomic mass is 19.1. The number of urea groups is 1. The number of nitrogens with two attached hydrogens (primary N) is 1. The fourth-order valence-electron chi connectivity index (χ4n) is 1.81. The number of carbonyl (C=O) groups is 1. The molecular weight excluding hydrogens is 223 g/mol. The fourth-order valence-corrected chi connectivity index (χ4v) is 1.81.